The number of rotatable bonds is 3. The smallest absolute Gasteiger partial charge is 0.321 e. The summed E-state index contributed by atoms with van der Waals surface area (Å²) < 4.78 is 5.35. The first-order valence-corrected chi connectivity index (χ1v) is 8.13. The van der Waals surface area contributed by atoms with Gasteiger partial charge in [-0.05, 0) is 30.7 Å². The van der Waals surface area contributed by atoms with Gasteiger partial charge in [-0.3, -0.25) is 0 Å². The van der Waals surface area contributed by atoms with E-state index in [0.29, 0.717) is 5.25 Å². The van der Waals surface area contributed by atoms with Crippen LogP contribution < -0.4 is 10.1 Å². The van der Waals surface area contributed by atoms with Crippen LogP contribution in [0.2, 0.25) is 0 Å². The molecule has 21 heavy (non-hydrogen) atoms. The number of anilines is 1. The Balaban J connectivity index is 1.86. The predicted octanol–water partition coefficient (Wildman–Crippen LogP) is 3.83. The molecule has 1 atom stereocenters. The molecule has 1 heterocycles. The Morgan fingerprint density at radius 3 is 2.57 bits per heavy atom. The second-order valence-electron chi connectivity index (χ2n) is 6.25. The van der Waals surface area contributed by atoms with Crippen LogP contribution in [-0.4, -0.2) is 41.1 Å². The van der Waals surface area contributed by atoms with Crippen molar-refractivity contribution in [2.24, 2.45) is 0 Å². The van der Waals surface area contributed by atoms with Gasteiger partial charge in [0, 0.05) is 28.8 Å². The zero-order valence-corrected chi connectivity index (χ0v) is 14.0. The van der Waals surface area contributed by atoms with E-state index < -0.39 is 0 Å². The van der Waals surface area contributed by atoms with Gasteiger partial charge < -0.3 is 15.0 Å². The fourth-order valence-electron chi connectivity index (χ4n) is 2.39. The quantitative estimate of drug-likeness (QED) is 0.922. The van der Waals surface area contributed by atoms with Crippen LogP contribution in [0.4, 0.5) is 10.5 Å². The molecule has 1 saturated heterocycles. The van der Waals surface area contributed by atoms with E-state index in [-0.39, 0.29) is 10.8 Å². The summed E-state index contributed by atoms with van der Waals surface area (Å²) in [7, 11) is 1.63. The lowest BCUT2D eigenvalue weighted by Crippen LogP contribution is -2.33. The van der Waals surface area contributed by atoms with E-state index >= 15 is 0 Å². The molecule has 1 aromatic rings. The van der Waals surface area contributed by atoms with E-state index in [2.05, 4.69) is 26.1 Å². The highest BCUT2D eigenvalue weighted by Gasteiger charge is 2.29. The van der Waals surface area contributed by atoms with Crippen LogP contribution in [-0.2, 0) is 0 Å². The third kappa shape index (κ3) is 4.84. The minimum Gasteiger partial charge on any atom is -0.497 e. The molecular formula is C16H24N2O2S. The number of thioether (sulfide) groups is 1. The summed E-state index contributed by atoms with van der Waals surface area (Å²) in [6.07, 6.45) is 1.07. The minimum atomic E-state index is -0.0165. The monoisotopic (exact) mass is 308 g/mol. The van der Waals surface area contributed by atoms with Crippen molar-refractivity contribution in [1.82, 2.24) is 4.90 Å². The molecule has 0 radical (unpaired) electrons. The Labute approximate surface area is 131 Å². The van der Waals surface area contributed by atoms with Gasteiger partial charge in [-0.2, -0.15) is 11.8 Å². The van der Waals surface area contributed by atoms with Crippen LogP contribution in [0.5, 0.6) is 5.75 Å². The summed E-state index contributed by atoms with van der Waals surface area (Å²) in [5.74, 6) is 0.788. The van der Waals surface area contributed by atoms with Crippen molar-refractivity contribution in [1.29, 1.82) is 0 Å². The highest BCUT2D eigenvalue weighted by Crippen LogP contribution is 2.33. The molecule has 2 rings (SSSR count). The van der Waals surface area contributed by atoms with Crippen LogP contribution in [0.15, 0.2) is 24.3 Å². The Hall–Kier alpha value is -1.36. The number of amides is 2. The number of ether oxygens (including phenoxy) is 1. The Morgan fingerprint density at radius 2 is 2.00 bits per heavy atom. The number of benzene rings is 1. The third-order valence-corrected chi connectivity index (χ3v) is 4.72. The number of carbonyl (C=O) groups excluding carboxylic acids is 1. The molecule has 4 nitrogen and oxygen atoms in total. The number of urea groups is 1. The van der Waals surface area contributed by atoms with Crippen molar-refractivity contribution >= 4 is 23.5 Å². The molecule has 0 spiro atoms. The number of nitrogens with one attached hydrogen (secondary N) is 1. The third-order valence-electron chi connectivity index (χ3n) is 3.29. The first kappa shape index (κ1) is 16.0. The summed E-state index contributed by atoms with van der Waals surface area (Å²) in [6.45, 7) is 8.31. The molecule has 0 saturated carbocycles. The van der Waals surface area contributed by atoms with Crippen molar-refractivity contribution in [3.8, 4) is 5.75 Å². The van der Waals surface area contributed by atoms with Gasteiger partial charge in [0.25, 0.3) is 0 Å². The first-order chi connectivity index (χ1) is 9.87. The van der Waals surface area contributed by atoms with E-state index in [1.54, 1.807) is 7.11 Å². The second-order valence-corrected chi connectivity index (χ2v) is 8.37. The molecule has 0 bridgehead atoms. The summed E-state index contributed by atoms with van der Waals surface area (Å²) >= 11 is 1.96. The lowest BCUT2D eigenvalue weighted by molar-refractivity contribution is 0.222. The maximum Gasteiger partial charge on any atom is 0.321 e. The summed E-state index contributed by atoms with van der Waals surface area (Å²) in [5, 5.41) is 3.47. The Morgan fingerprint density at radius 1 is 1.33 bits per heavy atom. The lowest BCUT2D eigenvalue weighted by Gasteiger charge is -2.23. The summed E-state index contributed by atoms with van der Waals surface area (Å²) in [6, 6.07) is 7.38. The number of hydrogen-bond acceptors (Lipinski definition) is 3. The van der Waals surface area contributed by atoms with Crippen LogP contribution in [0, 0.1) is 0 Å². The van der Waals surface area contributed by atoms with E-state index in [9.17, 15) is 4.79 Å². The molecule has 116 valence electrons. The van der Waals surface area contributed by atoms with Gasteiger partial charge in [-0.25, -0.2) is 4.79 Å². The van der Waals surface area contributed by atoms with Gasteiger partial charge >= 0.3 is 6.03 Å². The van der Waals surface area contributed by atoms with Crippen LogP contribution in [0.1, 0.15) is 27.2 Å². The second kappa shape index (κ2) is 6.60. The van der Waals surface area contributed by atoms with Crippen LogP contribution in [0.25, 0.3) is 0 Å². The largest absolute Gasteiger partial charge is 0.497 e. The zero-order chi connectivity index (χ0) is 15.5. The fourth-order valence-corrected chi connectivity index (χ4v) is 3.86. The van der Waals surface area contributed by atoms with Gasteiger partial charge in [0.2, 0.25) is 0 Å². The number of methoxy groups -OCH3 is 1. The van der Waals surface area contributed by atoms with Crippen molar-refractivity contribution in [3.63, 3.8) is 0 Å². The topological polar surface area (TPSA) is 41.6 Å². The average Bonchev–Trinajstić information content (AvgIpc) is 2.86. The number of likely N-dealkylation sites (tertiary alicyclic amines) is 1. The van der Waals surface area contributed by atoms with Crippen molar-refractivity contribution < 1.29 is 9.53 Å². The maximum absolute atomic E-state index is 12.3. The molecule has 1 aromatic carbocycles. The lowest BCUT2D eigenvalue weighted by atomic mass is 10.3. The molecular weight excluding hydrogens is 284 g/mol. The molecule has 0 aromatic heterocycles. The molecule has 1 aliphatic rings. The van der Waals surface area contributed by atoms with Gasteiger partial charge in [-0.15, -0.1) is 0 Å². The standard InChI is InChI=1S/C16H24N2O2S/c1-16(2,3)21-14-9-10-18(11-14)15(19)17-12-5-7-13(20-4)8-6-12/h5-8,14H,9-11H2,1-4H3,(H,17,19)/t14-/m1/s1. The number of nitrogens with zero attached hydrogens (tertiary/aromatic N) is 1. The van der Waals surface area contributed by atoms with E-state index in [1.165, 1.54) is 0 Å². The first-order valence-electron chi connectivity index (χ1n) is 7.25. The minimum absolute atomic E-state index is 0.0165. The van der Waals surface area contributed by atoms with Gasteiger partial charge in [0.1, 0.15) is 5.75 Å². The SMILES string of the molecule is COc1ccc(NC(=O)N2CC[C@@H](SC(C)(C)C)C2)cc1. The maximum atomic E-state index is 12.3. The molecule has 0 unspecified atom stereocenters. The van der Waals surface area contributed by atoms with Crippen molar-refractivity contribution in [2.75, 3.05) is 25.5 Å². The fraction of sp³-hybridized carbons (Fsp3) is 0.562. The molecule has 0 aliphatic carbocycles. The van der Waals surface area contributed by atoms with Gasteiger partial charge in [0.05, 0.1) is 7.11 Å². The Kier molecular flexibility index (Phi) is 5.04. The molecule has 2 amide bonds. The van der Waals surface area contributed by atoms with Gasteiger partial charge in [-0.1, -0.05) is 20.8 Å². The van der Waals surface area contributed by atoms with Crippen molar-refractivity contribution in [2.45, 2.75) is 37.2 Å². The highest BCUT2D eigenvalue weighted by molar-refractivity contribution is 8.01. The summed E-state index contributed by atoms with van der Waals surface area (Å²) in [4.78, 5) is 14.2. The highest BCUT2D eigenvalue weighted by atomic mass is 32.2. The zero-order valence-electron chi connectivity index (χ0n) is 13.2. The van der Waals surface area contributed by atoms with Crippen LogP contribution in [0.3, 0.4) is 0 Å². The van der Waals surface area contributed by atoms with Gasteiger partial charge in [0.15, 0.2) is 0 Å². The van der Waals surface area contributed by atoms with E-state index in [0.717, 1.165) is 30.9 Å². The van der Waals surface area contributed by atoms with E-state index in [1.807, 2.05) is 40.9 Å². The predicted molar refractivity (Wildman–Crippen MR) is 89.3 cm³/mol. The number of carbonyl (C=O) groups is 1. The Bertz CT molecular complexity index is 482. The molecule has 1 N–H and O–H groups in total. The molecule has 5 heteroatoms. The average molecular weight is 308 g/mol. The van der Waals surface area contributed by atoms with E-state index in [4.69, 9.17) is 4.74 Å². The van der Waals surface area contributed by atoms with Crippen LogP contribution >= 0.6 is 11.8 Å². The summed E-state index contributed by atoms with van der Waals surface area (Å²) in [5.41, 5.74) is 0.799. The number of hydrogen-bond donors (Lipinski definition) is 1. The molecule has 1 fully saturated rings. The molecule has 1 aliphatic heterocycles. The van der Waals surface area contributed by atoms with Crippen molar-refractivity contribution in [3.05, 3.63) is 24.3 Å². The normalized spacial score (nSPS) is 18.7.